The molecule has 1 nitrogen and oxygen atoms in total. The fraction of sp³-hybridized carbons (Fsp3) is 0.500. The lowest BCUT2D eigenvalue weighted by atomic mass is 9.95. The lowest BCUT2D eigenvalue weighted by molar-refractivity contribution is 0.515. The van der Waals surface area contributed by atoms with Gasteiger partial charge in [-0.25, -0.2) is 0 Å². The zero-order valence-corrected chi connectivity index (χ0v) is 8.65. The van der Waals surface area contributed by atoms with Gasteiger partial charge in [0.25, 0.3) is 0 Å². The second-order valence-electron chi connectivity index (χ2n) is 4.33. The molecule has 1 aliphatic heterocycles. The van der Waals surface area contributed by atoms with Crippen molar-refractivity contribution >= 4 is 5.69 Å². The van der Waals surface area contributed by atoms with E-state index in [1.54, 1.807) is 0 Å². The first-order valence-corrected chi connectivity index (χ1v) is 5.01. The monoisotopic (exact) mass is 175 g/mol. The number of para-hydroxylation sites is 1. The Morgan fingerprint density at radius 3 is 2.85 bits per heavy atom. The largest absolute Gasteiger partial charge is 0.379 e. The molecule has 0 spiro atoms. The number of aryl methyl sites for hydroxylation is 1. The van der Waals surface area contributed by atoms with E-state index in [0.717, 1.165) is 0 Å². The molecule has 2 rings (SSSR count). The summed E-state index contributed by atoms with van der Waals surface area (Å²) < 4.78 is 0. The van der Waals surface area contributed by atoms with Crippen LogP contribution in [0.4, 0.5) is 5.69 Å². The zero-order chi connectivity index (χ0) is 9.47. The average molecular weight is 175 g/mol. The van der Waals surface area contributed by atoms with Crippen molar-refractivity contribution in [3.8, 4) is 0 Å². The normalized spacial score (nSPS) is 25.5. The molecule has 1 atom stereocenters. The van der Waals surface area contributed by atoms with Gasteiger partial charge >= 0.3 is 0 Å². The molecular formula is C12H17N. The second-order valence-corrected chi connectivity index (χ2v) is 4.33. The molecule has 1 aromatic carbocycles. The van der Waals surface area contributed by atoms with Crippen LogP contribution in [0.15, 0.2) is 18.2 Å². The van der Waals surface area contributed by atoms with Gasteiger partial charge in [0.2, 0.25) is 0 Å². The van der Waals surface area contributed by atoms with Crippen LogP contribution in [-0.2, 0) is 6.42 Å². The molecule has 0 radical (unpaired) electrons. The minimum atomic E-state index is 0.286. The van der Waals surface area contributed by atoms with Crippen molar-refractivity contribution in [2.75, 3.05) is 5.32 Å². The number of fused-ring (bicyclic) bond motifs is 1. The Morgan fingerprint density at radius 2 is 2.23 bits per heavy atom. The average Bonchev–Trinajstić information content (AvgIpc) is 2.45. The van der Waals surface area contributed by atoms with E-state index in [-0.39, 0.29) is 5.54 Å². The van der Waals surface area contributed by atoms with Gasteiger partial charge in [-0.3, -0.25) is 0 Å². The molecule has 1 heteroatoms. The van der Waals surface area contributed by atoms with Crippen molar-refractivity contribution < 1.29 is 0 Å². The minimum absolute atomic E-state index is 0.286. The molecule has 1 N–H and O–H groups in total. The molecule has 1 heterocycles. The van der Waals surface area contributed by atoms with Gasteiger partial charge in [-0.2, -0.15) is 0 Å². The van der Waals surface area contributed by atoms with Gasteiger partial charge in [-0.05, 0) is 37.8 Å². The maximum Gasteiger partial charge on any atom is 0.0407 e. The topological polar surface area (TPSA) is 12.0 Å². The van der Waals surface area contributed by atoms with Gasteiger partial charge in [-0.1, -0.05) is 25.1 Å². The molecule has 70 valence electrons. The van der Waals surface area contributed by atoms with Gasteiger partial charge in [0.1, 0.15) is 0 Å². The van der Waals surface area contributed by atoms with E-state index in [4.69, 9.17) is 0 Å². The van der Waals surface area contributed by atoms with Crippen molar-refractivity contribution in [2.24, 2.45) is 0 Å². The molecule has 0 amide bonds. The summed E-state index contributed by atoms with van der Waals surface area (Å²) in [6, 6.07) is 6.56. The first kappa shape index (κ1) is 8.61. The fourth-order valence-electron chi connectivity index (χ4n) is 2.03. The summed E-state index contributed by atoms with van der Waals surface area (Å²) in [6.45, 7) is 6.72. The van der Waals surface area contributed by atoms with E-state index in [9.17, 15) is 0 Å². The summed E-state index contributed by atoms with van der Waals surface area (Å²) in [5, 5.41) is 3.63. The lowest BCUT2D eigenvalue weighted by Crippen LogP contribution is -2.30. The standard InChI is InChI=1S/C12H17N/c1-4-12(3)8-10-7-5-6-9(2)11(10)13-12/h5-7,13H,4,8H2,1-3H3. The number of nitrogens with one attached hydrogen (secondary N) is 1. The van der Waals surface area contributed by atoms with E-state index in [1.165, 1.54) is 29.7 Å². The predicted octanol–water partition coefficient (Wildman–Crippen LogP) is 3.13. The van der Waals surface area contributed by atoms with Crippen LogP contribution in [0.25, 0.3) is 0 Å². The molecule has 0 fully saturated rings. The molecule has 1 aliphatic rings. The van der Waals surface area contributed by atoms with Gasteiger partial charge in [0.05, 0.1) is 0 Å². The predicted molar refractivity (Wildman–Crippen MR) is 57.2 cm³/mol. The number of benzene rings is 1. The van der Waals surface area contributed by atoms with E-state index in [2.05, 4.69) is 44.3 Å². The van der Waals surface area contributed by atoms with Crippen LogP contribution in [0, 0.1) is 6.92 Å². The first-order valence-electron chi connectivity index (χ1n) is 5.01. The summed E-state index contributed by atoms with van der Waals surface area (Å²) in [5.41, 5.74) is 4.50. The lowest BCUT2D eigenvalue weighted by Gasteiger charge is -2.23. The highest BCUT2D eigenvalue weighted by atomic mass is 15.0. The Hall–Kier alpha value is -0.980. The van der Waals surface area contributed by atoms with Crippen LogP contribution in [0.5, 0.6) is 0 Å². The Morgan fingerprint density at radius 1 is 1.46 bits per heavy atom. The van der Waals surface area contributed by atoms with Crippen molar-refractivity contribution in [2.45, 2.75) is 39.2 Å². The molecule has 1 aromatic rings. The molecule has 0 aliphatic carbocycles. The first-order chi connectivity index (χ1) is 6.14. The van der Waals surface area contributed by atoms with Gasteiger partial charge in [0.15, 0.2) is 0 Å². The highest BCUT2D eigenvalue weighted by Crippen LogP contribution is 2.36. The van der Waals surface area contributed by atoms with Crippen LogP contribution in [-0.4, -0.2) is 5.54 Å². The number of anilines is 1. The third-order valence-electron chi connectivity index (χ3n) is 3.15. The fourth-order valence-corrected chi connectivity index (χ4v) is 2.03. The summed E-state index contributed by atoms with van der Waals surface area (Å²) >= 11 is 0. The second kappa shape index (κ2) is 2.76. The van der Waals surface area contributed by atoms with Gasteiger partial charge < -0.3 is 5.32 Å². The highest BCUT2D eigenvalue weighted by molar-refractivity contribution is 5.63. The minimum Gasteiger partial charge on any atom is -0.379 e. The summed E-state index contributed by atoms with van der Waals surface area (Å²) in [4.78, 5) is 0. The van der Waals surface area contributed by atoms with Crippen molar-refractivity contribution in [3.63, 3.8) is 0 Å². The van der Waals surface area contributed by atoms with E-state index >= 15 is 0 Å². The van der Waals surface area contributed by atoms with Gasteiger partial charge in [-0.15, -0.1) is 0 Å². The summed E-state index contributed by atoms with van der Waals surface area (Å²) in [5.74, 6) is 0. The number of hydrogen-bond acceptors (Lipinski definition) is 1. The highest BCUT2D eigenvalue weighted by Gasteiger charge is 2.30. The maximum absolute atomic E-state index is 3.63. The zero-order valence-electron chi connectivity index (χ0n) is 8.65. The third kappa shape index (κ3) is 1.32. The SMILES string of the molecule is CCC1(C)Cc2cccc(C)c2N1. The molecule has 0 saturated heterocycles. The van der Waals surface area contributed by atoms with Crippen molar-refractivity contribution in [1.82, 2.24) is 0 Å². The van der Waals surface area contributed by atoms with Crippen LogP contribution < -0.4 is 5.32 Å². The van der Waals surface area contributed by atoms with E-state index < -0.39 is 0 Å². The van der Waals surface area contributed by atoms with E-state index in [1.807, 2.05) is 0 Å². The Kier molecular flexibility index (Phi) is 1.83. The smallest absolute Gasteiger partial charge is 0.0407 e. The third-order valence-corrected chi connectivity index (χ3v) is 3.15. The van der Waals surface area contributed by atoms with Crippen molar-refractivity contribution in [3.05, 3.63) is 29.3 Å². The quantitative estimate of drug-likeness (QED) is 0.691. The van der Waals surface area contributed by atoms with Gasteiger partial charge in [0, 0.05) is 11.2 Å². The molecule has 0 bridgehead atoms. The van der Waals surface area contributed by atoms with Crippen LogP contribution in [0.2, 0.25) is 0 Å². The van der Waals surface area contributed by atoms with Crippen LogP contribution >= 0.6 is 0 Å². The number of hydrogen-bond donors (Lipinski definition) is 1. The molecular weight excluding hydrogens is 158 g/mol. The summed E-state index contributed by atoms with van der Waals surface area (Å²) in [6.07, 6.45) is 2.35. The molecule has 1 unspecified atom stereocenters. The maximum atomic E-state index is 3.63. The molecule has 13 heavy (non-hydrogen) atoms. The van der Waals surface area contributed by atoms with Crippen molar-refractivity contribution in [1.29, 1.82) is 0 Å². The Balaban J connectivity index is 2.40. The molecule has 0 aromatic heterocycles. The number of rotatable bonds is 1. The molecule has 0 saturated carbocycles. The Labute approximate surface area is 80.2 Å². The Bertz CT molecular complexity index is 330. The van der Waals surface area contributed by atoms with Crippen LogP contribution in [0.3, 0.4) is 0 Å². The van der Waals surface area contributed by atoms with E-state index in [0.29, 0.717) is 0 Å². The summed E-state index contributed by atoms with van der Waals surface area (Å²) in [7, 11) is 0. The van der Waals surface area contributed by atoms with Crippen LogP contribution in [0.1, 0.15) is 31.4 Å².